The molecule has 1 aliphatic heterocycles. The van der Waals surface area contributed by atoms with Crippen LogP contribution in [0.4, 0.5) is 5.82 Å². The van der Waals surface area contributed by atoms with Crippen LogP contribution in [0.3, 0.4) is 0 Å². The monoisotopic (exact) mass is 378 g/mol. The van der Waals surface area contributed by atoms with E-state index in [9.17, 15) is 9.59 Å². The molecule has 5 heteroatoms. The number of aldehydes is 1. The van der Waals surface area contributed by atoms with E-state index in [0.717, 1.165) is 54.4 Å². The molecule has 2 aliphatic rings. The van der Waals surface area contributed by atoms with E-state index in [0.29, 0.717) is 17.8 Å². The number of carbonyl (C=O) groups is 2. The van der Waals surface area contributed by atoms with Gasteiger partial charge in [-0.15, -0.1) is 0 Å². The van der Waals surface area contributed by atoms with Crippen LogP contribution in [0, 0.1) is 13.8 Å². The van der Waals surface area contributed by atoms with Crippen LogP contribution < -0.4 is 5.32 Å². The SMILES string of the molecule is Cc1cc(C)nc(NC2CC(C)(c3ccc4c(c3C=O)CCCC4)OC2=O)c1. The number of hydrogen-bond donors (Lipinski definition) is 1. The van der Waals surface area contributed by atoms with Gasteiger partial charge in [0.05, 0.1) is 0 Å². The smallest absolute Gasteiger partial charge is 0.329 e. The van der Waals surface area contributed by atoms with E-state index in [2.05, 4.69) is 16.4 Å². The van der Waals surface area contributed by atoms with Gasteiger partial charge in [-0.3, -0.25) is 4.79 Å². The average molecular weight is 378 g/mol. The predicted molar refractivity (Wildman–Crippen MR) is 108 cm³/mol. The number of rotatable bonds is 4. The maximum Gasteiger partial charge on any atom is 0.329 e. The third kappa shape index (κ3) is 3.30. The minimum atomic E-state index is -0.823. The fourth-order valence-corrected chi connectivity index (χ4v) is 4.63. The molecule has 2 heterocycles. The number of anilines is 1. The quantitative estimate of drug-likeness (QED) is 0.643. The van der Waals surface area contributed by atoms with E-state index in [4.69, 9.17) is 4.74 Å². The molecule has 0 saturated carbocycles. The summed E-state index contributed by atoms with van der Waals surface area (Å²) < 4.78 is 5.83. The highest BCUT2D eigenvalue weighted by Gasteiger charge is 2.46. The van der Waals surface area contributed by atoms with Gasteiger partial charge in [0.1, 0.15) is 17.5 Å². The molecule has 0 amide bonds. The van der Waals surface area contributed by atoms with Crippen molar-refractivity contribution in [3.05, 3.63) is 57.8 Å². The highest BCUT2D eigenvalue weighted by molar-refractivity contribution is 5.85. The van der Waals surface area contributed by atoms with Crippen LogP contribution in [-0.4, -0.2) is 23.3 Å². The van der Waals surface area contributed by atoms with Crippen molar-refractivity contribution in [2.45, 2.75) is 64.5 Å². The first-order chi connectivity index (χ1) is 13.4. The Bertz CT molecular complexity index is 933. The van der Waals surface area contributed by atoms with Gasteiger partial charge in [0.2, 0.25) is 0 Å². The van der Waals surface area contributed by atoms with E-state index in [1.54, 1.807) is 0 Å². The maximum atomic E-state index is 12.6. The van der Waals surface area contributed by atoms with Crippen molar-refractivity contribution >= 4 is 18.1 Å². The van der Waals surface area contributed by atoms with Crippen LogP contribution in [0.1, 0.15) is 64.5 Å². The third-order valence-corrected chi connectivity index (χ3v) is 5.89. The second-order valence-electron chi connectivity index (χ2n) is 8.21. The van der Waals surface area contributed by atoms with Gasteiger partial charge in [0.15, 0.2) is 6.29 Å². The van der Waals surface area contributed by atoms with E-state index in [1.165, 1.54) is 5.56 Å². The summed E-state index contributed by atoms with van der Waals surface area (Å²) in [5.41, 5.74) is 5.06. The molecule has 1 fully saturated rings. The lowest BCUT2D eigenvalue weighted by atomic mass is 9.80. The molecule has 1 aliphatic carbocycles. The first-order valence-electron chi connectivity index (χ1n) is 9.95. The number of aryl methyl sites for hydroxylation is 3. The number of esters is 1. The second kappa shape index (κ2) is 7.04. The molecular formula is C23H26N2O3. The molecule has 1 saturated heterocycles. The summed E-state index contributed by atoms with van der Waals surface area (Å²) in [6.07, 6.45) is 5.57. The third-order valence-electron chi connectivity index (χ3n) is 5.89. The van der Waals surface area contributed by atoms with Gasteiger partial charge in [-0.2, -0.15) is 0 Å². The molecule has 5 nitrogen and oxygen atoms in total. The molecule has 2 aromatic rings. The number of fused-ring (bicyclic) bond motifs is 1. The van der Waals surface area contributed by atoms with Gasteiger partial charge < -0.3 is 10.1 Å². The van der Waals surface area contributed by atoms with Crippen molar-refractivity contribution in [3.8, 4) is 0 Å². The molecule has 4 rings (SSSR count). The number of aromatic nitrogens is 1. The summed E-state index contributed by atoms with van der Waals surface area (Å²) in [6.45, 7) is 5.83. The van der Waals surface area contributed by atoms with Crippen molar-refractivity contribution in [2.75, 3.05) is 5.32 Å². The van der Waals surface area contributed by atoms with Crippen molar-refractivity contribution in [2.24, 2.45) is 0 Å². The Hall–Kier alpha value is -2.69. The van der Waals surface area contributed by atoms with Gasteiger partial charge in [-0.05, 0) is 75.3 Å². The first kappa shape index (κ1) is 18.7. The molecule has 0 bridgehead atoms. The molecule has 28 heavy (non-hydrogen) atoms. The fourth-order valence-electron chi connectivity index (χ4n) is 4.63. The van der Waals surface area contributed by atoms with E-state index < -0.39 is 11.6 Å². The standard InChI is InChI=1S/C23H26N2O3/c1-14-10-15(2)24-21(11-14)25-20-12-23(3,28-22(20)27)19-9-8-16-6-4-5-7-17(16)18(19)13-26/h8-11,13,20H,4-7,12H2,1-3H3,(H,24,25). The summed E-state index contributed by atoms with van der Waals surface area (Å²) in [5.74, 6) is 0.364. The zero-order chi connectivity index (χ0) is 19.9. The van der Waals surface area contributed by atoms with Gasteiger partial charge in [0.25, 0.3) is 0 Å². The number of hydrogen-bond acceptors (Lipinski definition) is 5. The Labute approximate surface area is 165 Å². The van der Waals surface area contributed by atoms with Gasteiger partial charge in [-0.1, -0.05) is 12.1 Å². The number of benzene rings is 1. The van der Waals surface area contributed by atoms with Crippen molar-refractivity contribution in [1.29, 1.82) is 0 Å². The number of carbonyl (C=O) groups excluding carboxylic acids is 2. The minimum absolute atomic E-state index is 0.307. The van der Waals surface area contributed by atoms with Crippen LogP contribution in [0.2, 0.25) is 0 Å². The Kier molecular flexibility index (Phi) is 4.69. The zero-order valence-electron chi connectivity index (χ0n) is 16.7. The Morgan fingerprint density at radius 3 is 2.75 bits per heavy atom. The lowest BCUT2D eigenvalue weighted by Crippen LogP contribution is -2.26. The van der Waals surface area contributed by atoms with Crippen LogP contribution in [0.25, 0.3) is 0 Å². The van der Waals surface area contributed by atoms with Crippen LogP contribution in [0.5, 0.6) is 0 Å². The molecule has 1 N–H and O–H groups in total. The molecule has 0 spiro atoms. The normalized spacial score (nSPS) is 23.8. The second-order valence-corrected chi connectivity index (χ2v) is 8.21. The number of ether oxygens (including phenoxy) is 1. The number of nitrogens with one attached hydrogen (secondary N) is 1. The van der Waals surface area contributed by atoms with Crippen molar-refractivity contribution in [3.63, 3.8) is 0 Å². The van der Waals surface area contributed by atoms with Gasteiger partial charge in [0, 0.05) is 23.2 Å². The number of cyclic esters (lactones) is 1. The topological polar surface area (TPSA) is 68.3 Å². The largest absolute Gasteiger partial charge is 0.453 e. The molecular weight excluding hydrogens is 352 g/mol. The summed E-state index contributed by atoms with van der Waals surface area (Å²) >= 11 is 0. The van der Waals surface area contributed by atoms with Gasteiger partial charge >= 0.3 is 5.97 Å². The molecule has 2 unspecified atom stereocenters. The van der Waals surface area contributed by atoms with Crippen LogP contribution in [0.15, 0.2) is 24.3 Å². The highest BCUT2D eigenvalue weighted by Crippen LogP contribution is 2.41. The van der Waals surface area contributed by atoms with Crippen molar-refractivity contribution < 1.29 is 14.3 Å². The Morgan fingerprint density at radius 2 is 2.00 bits per heavy atom. The molecule has 2 atom stereocenters. The van der Waals surface area contributed by atoms with Gasteiger partial charge in [-0.25, -0.2) is 9.78 Å². The van der Waals surface area contributed by atoms with E-state index in [1.807, 2.05) is 39.0 Å². The Balaban J connectivity index is 1.64. The summed E-state index contributed by atoms with van der Waals surface area (Å²) in [6, 6.07) is 7.49. The number of nitrogens with zero attached hydrogens (tertiary/aromatic N) is 1. The maximum absolute atomic E-state index is 12.6. The van der Waals surface area contributed by atoms with Crippen LogP contribution >= 0.6 is 0 Å². The first-order valence-corrected chi connectivity index (χ1v) is 9.95. The molecule has 146 valence electrons. The summed E-state index contributed by atoms with van der Waals surface area (Å²) in [7, 11) is 0. The van der Waals surface area contributed by atoms with E-state index >= 15 is 0 Å². The lowest BCUT2D eigenvalue weighted by Gasteiger charge is -2.28. The van der Waals surface area contributed by atoms with E-state index in [-0.39, 0.29) is 5.97 Å². The molecule has 1 aromatic heterocycles. The lowest BCUT2D eigenvalue weighted by molar-refractivity contribution is -0.148. The summed E-state index contributed by atoms with van der Waals surface area (Å²) in [5, 5.41) is 3.22. The Morgan fingerprint density at radius 1 is 1.21 bits per heavy atom. The average Bonchev–Trinajstić information content (AvgIpc) is 2.94. The number of pyridine rings is 1. The van der Waals surface area contributed by atoms with Crippen LogP contribution in [-0.2, 0) is 28.0 Å². The molecule has 0 radical (unpaired) electrons. The zero-order valence-corrected chi connectivity index (χ0v) is 16.7. The predicted octanol–water partition coefficient (Wildman–Crippen LogP) is 4.03. The summed E-state index contributed by atoms with van der Waals surface area (Å²) in [4.78, 5) is 29.1. The fraction of sp³-hybridized carbons (Fsp3) is 0.435. The van der Waals surface area contributed by atoms with Crippen molar-refractivity contribution in [1.82, 2.24) is 4.98 Å². The minimum Gasteiger partial charge on any atom is -0.453 e. The highest BCUT2D eigenvalue weighted by atomic mass is 16.6. The molecule has 1 aromatic carbocycles.